The van der Waals surface area contributed by atoms with E-state index in [9.17, 15) is 4.79 Å². The number of carbonyl (C=O) groups excluding carboxylic acids is 1. The highest BCUT2D eigenvalue weighted by molar-refractivity contribution is 6.29. The van der Waals surface area contributed by atoms with Crippen LogP contribution in [-0.2, 0) is 6.54 Å². The molecule has 0 atom stereocenters. The number of nitrogens with zero attached hydrogens (tertiary/aromatic N) is 3. The lowest BCUT2D eigenvalue weighted by atomic mass is 9.96. The molecule has 0 aliphatic rings. The van der Waals surface area contributed by atoms with E-state index in [1.165, 1.54) is 6.21 Å². The van der Waals surface area contributed by atoms with Gasteiger partial charge in [-0.1, -0.05) is 60.7 Å². The van der Waals surface area contributed by atoms with Crippen molar-refractivity contribution in [2.24, 2.45) is 10.7 Å². The summed E-state index contributed by atoms with van der Waals surface area (Å²) in [6, 6.07) is 21.8. The van der Waals surface area contributed by atoms with Crippen LogP contribution in [0, 0.1) is 5.41 Å². The summed E-state index contributed by atoms with van der Waals surface area (Å²) in [5.74, 6) is -0.297. The summed E-state index contributed by atoms with van der Waals surface area (Å²) >= 11 is 0. The maximum absolute atomic E-state index is 13.1. The molecule has 0 aliphatic carbocycles. The number of nitrogens with one attached hydrogen (secondary N) is 2. The number of hydrogen-bond donors (Lipinski definition) is 3. The van der Waals surface area contributed by atoms with Gasteiger partial charge in [0.1, 0.15) is 5.69 Å². The quantitative estimate of drug-likeness (QED) is 0.225. The molecule has 0 saturated carbocycles. The Labute approximate surface area is 210 Å². The Hall–Kier alpha value is -4.49. The van der Waals surface area contributed by atoms with Crippen molar-refractivity contribution in [3.8, 4) is 22.4 Å². The molecule has 7 heteroatoms. The van der Waals surface area contributed by atoms with Gasteiger partial charge >= 0.3 is 0 Å². The van der Waals surface area contributed by atoms with Gasteiger partial charge in [0.25, 0.3) is 5.91 Å². The molecular weight excluding hydrogens is 448 g/mol. The fraction of sp³-hybridized carbons (Fsp3) is 0.138. The fourth-order valence-electron chi connectivity index (χ4n) is 3.90. The van der Waals surface area contributed by atoms with E-state index in [4.69, 9.17) is 16.1 Å². The Morgan fingerprint density at radius 2 is 1.86 bits per heavy atom. The molecule has 0 saturated heterocycles. The number of hydrogen-bond acceptors (Lipinski definition) is 6. The van der Waals surface area contributed by atoms with Gasteiger partial charge in [0.2, 0.25) is 0 Å². The molecule has 1 amide bonds. The van der Waals surface area contributed by atoms with Gasteiger partial charge < -0.3 is 16.5 Å². The molecule has 0 spiro atoms. The molecule has 0 aliphatic heterocycles. The summed E-state index contributed by atoms with van der Waals surface area (Å²) in [5, 5.41) is 11.1. The molecule has 2 heterocycles. The molecule has 4 aromatic rings. The molecule has 2 aromatic carbocycles. The van der Waals surface area contributed by atoms with Gasteiger partial charge in [0, 0.05) is 48.4 Å². The zero-order chi connectivity index (χ0) is 25.3. The minimum atomic E-state index is -0.297. The average molecular weight is 477 g/mol. The van der Waals surface area contributed by atoms with Crippen LogP contribution < -0.4 is 11.1 Å². The lowest BCUT2D eigenvalue weighted by Crippen LogP contribution is -2.27. The zero-order valence-electron chi connectivity index (χ0n) is 19.9. The van der Waals surface area contributed by atoms with E-state index in [0.717, 1.165) is 27.9 Å². The van der Waals surface area contributed by atoms with Crippen LogP contribution in [0.2, 0.25) is 0 Å². The number of pyridine rings is 2. The Bertz CT molecular complexity index is 1410. The first kappa shape index (κ1) is 24.6. The highest BCUT2D eigenvalue weighted by Crippen LogP contribution is 2.34. The molecule has 7 nitrogen and oxygen atoms in total. The normalized spacial score (nSPS) is 11.3. The zero-order valence-corrected chi connectivity index (χ0v) is 19.9. The summed E-state index contributed by atoms with van der Waals surface area (Å²) in [6.45, 7) is 4.89. The summed E-state index contributed by atoms with van der Waals surface area (Å²) in [4.78, 5) is 26.7. The van der Waals surface area contributed by atoms with Crippen LogP contribution in [0.25, 0.3) is 33.3 Å². The van der Waals surface area contributed by atoms with Crippen molar-refractivity contribution in [3.05, 3.63) is 96.8 Å². The Kier molecular flexibility index (Phi) is 8.05. The molecule has 4 rings (SSSR count). The summed E-state index contributed by atoms with van der Waals surface area (Å²) in [7, 11) is 0. The number of nitrogens with two attached hydrogens (primary N) is 1. The van der Waals surface area contributed by atoms with Crippen LogP contribution in [0.1, 0.15) is 22.5 Å². The van der Waals surface area contributed by atoms with Crippen LogP contribution in [0.15, 0.2) is 90.6 Å². The van der Waals surface area contributed by atoms with E-state index in [1.807, 2.05) is 66.7 Å². The first-order valence-corrected chi connectivity index (χ1v) is 11.7. The number of carbonyl (C=O) groups is 1. The second kappa shape index (κ2) is 11.8. The molecule has 180 valence electrons. The monoisotopic (exact) mass is 476 g/mol. The third-order valence-electron chi connectivity index (χ3n) is 5.76. The van der Waals surface area contributed by atoms with Gasteiger partial charge in [-0.15, -0.1) is 6.58 Å². The SMILES string of the molecule is C=CCN=C(C=N)CCNC(=O)c1nccc2nc(-c3ccc(CN)cc3)c(-c3ccccc3)cc12. The molecule has 2 aromatic heterocycles. The van der Waals surface area contributed by atoms with Gasteiger partial charge in [-0.3, -0.25) is 14.8 Å². The third-order valence-corrected chi connectivity index (χ3v) is 5.76. The van der Waals surface area contributed by atoms with E-state index < -0.39 is 0 Å². The van der Waals surface area contributed by atoms with E-state index in [0.29, 0.717) is 48.4 Å². The van der Waals surface area contributed by atoms with Crippen LogP contribution in [0.4, 0.5) is 0 Å². The molecule has 4 N–H and O–H groups in total. The number of rotatable bonds is 10. The number of aliphatic imine (C=N–C) groups is 1. The van der Waals surface area contributed by atoms with Crippen molar-refractivity contribution < 1.29 is 4.79 Å². The number of amides is 1. The van der Waals surface area contributed by atoms with Gasteiger partial charge in [-0.05, 0) is 23.3 Å². The van der Waals surface area contributed by atoms with E-state index >= 15 is 0 Å². The van der Waals surface area contributed by atoms with Crippen LogP contribution >= 0.6 is 0 Å². The topological polar surface area (TPSA) is 117 Å². The van der Waals surface area contributed by atoms with Crippen molar-refractivity contribution in [1.82, 2.24) is 15.3 Å². The summed E-state index contributed by atoms with van der Waals surface area (Å²) in [5.41, 5.74) is 12.1. The van der Waals surface area contributed by atoms with Crippen LogP contribution in [-0.4, -0.2) is 40.9 Å². The maximum atomic E-state index is 13.1. The number of fused-ring (bicyclic) bond motifs is 1. The Morgan fingerprint density at radius 1 is 1.08 bits per heavy atom. The fourth-order valence-corrected chi connectivity index (χ4v) is 3.90. The van der Waals surface area contributed by atoms with E-state index in [1.54, 1.807) is 12.3 Å². The minimum absolute atomic E-state index is 0.297. The van der Waals surface area contributed by atoms with E-state index in [2.05, 4.69) is 21.9 Å². The third kappa shape index (κ3) is 5.59. The van der Waals surface area contributed by atoms with Gasteiger partial charge in [-0.25, -0.2) is 4.98 Å². The highest BCUT2D eigenvalue weighted by Gasteiger charge is 2.17. The molecule has 0 unspecified atom stereocenters. The summed E-state index contributed by atoms with van der Waals surface area (Å²) < 4.78 is 0. The van der Waals surface area contributed by atoms with Gasteiger partial charge in [-0.2, -0.15) is 0 Å². The largest absolute Gasteiger partial charge is 0.350 e. The average Bonchev–Trinajstić information content (AvgIpc) is 2.94. The van der Waals surface area contributed by atoms with Crippen molar-refractivity contribution in [2.45, 2.75) is 13.0 Å². The van der Waals surface area contributed by atoms with Gasteiger partial charge in [0.15, 0.2) is 0 Å². The Balaban J connectivity index is 1.72. The molecule has 0 bridgehead atoms. The van der Waals surface area contributed by atoms with Crippen molar-refractivity contribution in [3.63, 3.8) is 0 Å². The number of benzene rings is 2. The van der Waals surface area contributed by atoms with Crippen molar-refractivity contribution in [2.75, 3.05) is 13.1 Å². The smallest absolute Gasteiger partial charge is 0.270 e. The lowest BCUT2D eigenvalue weighted by molar-refractivity contribution is 0.0951. The van der Waals surface area contributed by atoms with Gasteiger partial charge in [0.05, 0.1) is 23.5 Å². The van der Waals surface area contributed by atoms with Crippen molar-refractivity contribution >= 4 is 28.7 Å². The second-order valence-electron chi connectivity index (χ2n) is 8.15. The second-order valence-corrected chi connectivity index (χ2v) is 8.15. The molecule has 36 heavy (non-hydrogen) atoms. The molecule has 0 radical (unpaired) electrons. The van der Waals surface area contributed by atoms with Crippen LogP contribution in [0.5, 0.6) is 0 Å². The molecular formula is C29H28N6O. The van der Waals surface area contributed by atoms with Crippen molar-refractivity contribution in [1.29, 1.82) is 5.41 Å². The van der Waals surface area contributed by atoms with E-state index in [-0.39, 0.29) is 5.91 Å². The Morgan fingerprint density at radius 3 is 2.56 bits per heavy atom. The maximum Gasteiger partial charge on any atom is 0.270 e. The predicted molar refractivity (Wildman–Crippen MR) is 147 cm³/mol. The number of aromatic nitrogens is 2. The predicted octanol–water partition coefficient (Wildman–Crippen LogP) is 4.82. The first-order chi connectivity index (χ1) is 17.6. The van der Waals surface area contributed by atoms with Crippen LogP contribution in [0.3, 0.4) is 0 Å². The first-order valence-electron chi connectivity index (χ1n) is 11.7. The standard InChI is InChI=1S/C29H28N6O/c1-2-14-32-23(19-31)12-15-34-29(36)28-25-17-24(21-6-4-3-5-7-21)27(35-26(25)13-16-33-28)22-10-8-20(18-30)9-11-22/h2-11,13,16-17,19,31H,1,12,14-15,18,30H2,(H,34,36). The summed E-state index contributed by atoms with van der Waals surface area (Å²) in [6.07, 6.45) is 4.91. The molecule has 0 fully saturated rings. The highest BCUT2D eigenvalue weighted by atomic mass is 16.1. The lowest BCUT2D eigenvalue weighted by Gasteiger charge is -2.14. The minimum Gasteiger partial charge on any atom is -0.350 e.